The lowest BCUT2D eigenvalue weighted by molar-refractivity contribution is -0.384. The zero-order valence-corrected chi connectivity index (χ0v) is 14.6. The van der Waals surface area contributed by atoms with Crippen LogP contribution in [0.25, 0.3) is 0 Å². The van der Waals surface area contributed by atoms with E-state index >= 15 is 0 Å². The van der Waals surface area contributed by atoms with Crippen LogP contribution in [-0.4, -0.2) is 10.8 Å². The number of nitrogens with zero attached hydrogens (tertiary/aromatic N) is 1. The van der Waals surface area contributed by atoms with E-state index in [1.807, 2.05) is 36.4 Å². The summed E-state index contributed by atoms with van der Waals surface area (Å²) in [5, 5.41) is 16.8. The van der Waals surface area contributed by atoms with Gasteiger partial charge in [-0.2, -0.15) is 0 Å². The lowest BCUT2D eigenvalue weighted by Crippen LogP contribution is -2.24. The first-order valence-corrected chi connectivity index (χ1v) is 8.45. The van der Waals surface area contributed by atoms with E-state index in [9.17, 15) is 14.9 Å². The highest BCUT2D eigenvalue weighted by molar-refractivity contribution is 5.78. The van der Waals surface area contributed by atoms with Crippen LogP contribution in [0, 0.1) is 10.1 Å². The Morgan fingerprint density at radius 3 is 2.52 bits per heavy atom. The first-order valence-electron chi connectivity index (χ1n) is 8.45. The number of hydrogen-bond donors (Lipinski definition) is 2. The summed E-state index contributed by atoms with van der Waals surface area (Å²) in [6.45, 7) is 0.847. The minimum atomic E-state index is -0.408. The van der Waals surface area contributed by atoms with E-state index in [2.05, 4.69) is 10.6 Å². The van der Waals surface area contributed by atoms with Crippen LogP contribution in [0.3, 0.4) is 0 Å². The average molecular weight is 365 g/mol. The molecule has 0 radical (unpaired) electrons. The number of benzene rings is 2. The van der Waals surface area contributed by atoms with Crippen LogP contribution in [0.1, 0.15) is 16.9 Å². The number of carbonyl (C=O) groups excluding carboxylic acids is 1. The molecule has 2 aromatic carbocycles. The Morgan fingerprint density at radius 1 is 1.00 bits per heavy atom. The minimum Gasteiger partial charge on any atom is -0.467 e. The maximum atomic E-state index is 12.0. The van der Waals surface area contributed by atoms with Gasteiger partial charge < -0.3 is 15.1 Å². The third kappa shape index (κ3) is 5.43. The molecule has 0 unspecified atom stereocenters. The highest BCUT2D eigenvalue weighted by Gasteiger charge is 2.06. The molecule has 0 fully saturated rings. The molecule has 7 nitrogen and oxygen atoms in total. The van der Waals surface area contributed by atoms with Crippen molar-refractivity contribution in [3.63, 3.8) is 0 Å². The quantitative estimate of drug-likeness (QED) is 0.469. The zero-order chi connectivity index (χ0) is 19.1. The molecule has 0 aliphatic rings. The van der Waals surface area contributed by atoms with Crippen LogP contribution >= 0.6 is 0 Å². The number of rotatable bonds is 8. The van der Waals surface area contributed by atoms with Crippen LogP contribution < -0.4 is 10.6 Å². The summed E-state index contributed by atoms with van der Waals surface area (Å²) in [6.07, 6.45) is 1.85. The second kappa shape index (κ2) is 8.66. The molecule has 1 amide bonds. The number of nitro benzene ring substituents is 1. The van der Waals surface area contributed by atoms with E-state index in [4.69, 9.17) is 4.42 Å². The normalized spacial score (nSPS) is 10.4. The summed E-state index contributed by atoms with van der Waals surface area (Å²) in [6, 6.07) is 17.6. The van der Waals surface area contributed by atoms with E-state index in [1.54, 1.807) is 24.5 Å². The first-order chi connectivity index (χ1) is 13.1. The molecule has 3 aromatic rings. The van der Waals surface area contributed by atoms with Gasteiger partial charge in [0, 0.05) is 24.4 Å². The predicted molar refractivity (Wildman–Crippen MR) is 101 cm³/mol. The second-order valence-corrected chi connectivity index (χ2v) is 6.01. The number of hydrogen-bond acceptors (Lipinski definition) is 5. The molecule has 7 heteroatoms. The number of amides is 1. The fraction of sp³-hybridized carbons (Fsp3) is 0.150. The van der Waals surface area contributed by atoms with Crippen LogP contribution in [0.15, 0.2) is 71.3 Å². The maximum Gasteiger partial charge on any atom is 0.269 e. The van der Waals surface area contributed by atoms with Crippen LogP contribution in [0.4, 0.5) is 11.4 Å². The molecule has 1 heterocycles. The highest BCUT2D eigenvalue weighted by atomic mass is 16.6. The standard InChI is InChI=1S/C20H19N3O4/c24-20(22-14-19-5-2-10-27-19)12-15-6-8-17(9-7-15)21-13-16-3-1-4-18(11-16)23(25)26/h1-11,21H,12-14H2,(H,22,24). The average Bonchev–Trinajstić information content (AvgIpc) is 3.20. The van der Waals surface area contributed by atoms with E-state index in [1.165, 1.54) is 6.07 Å². The zero-order valence-electron chi connectivity index (χ0n) is 14.6. The monoisotopic (exact) mass is 365 g/mol. The van der Waals surface area contributed by atoms with Crippen molar-refractivity contribution >= 4 is 17.3 Å². The molecule has 1 aromatic heterocycles. The highest BCUT2D eigenvalue weighted by Crippen LogP contribution is 2.16. The van der Waals surface area contributed by atoms with Gasteiger partial charge >= 0.3 is 0 Å². The first kappa shape index (κ1) is 18.2. The molecule has 138 valence electrons. The number of nitrogens with one attached hydrogen (secondary N) is 2. The lowest BCUT2D eigenvalue weighted by Gasteiger charge is -2.08. The number of non-ortho nitro benzene ring substituents is 1. The van der Waals surface area contributed by atoms with Gasteiger partial charge in [-0.3, -0.25) is 14.9 Å². The third-order valence-corrected chi connectivity index (χ3v) is 3.98. The van der Waals surface area contributed by atoms with Gasteiger partial charge in [0.05, 0.1) is 24.2 Å². The maximum absolute atomic E-state index is 12.0. The van der Waals surface area contributed by atoms with Gasteiger partial charge in [-0.05, 0) is 35.4 Å². The Kier molecular flexibility index (Phi) is 5.84. The largest absolute Gasteiger partial charge is 0.467 e. The molecule has 0 saturated heterocycles. The van der Waals surface area contributed by atoms with E-state index in [0.717, 1.165) is 16.8 Å². The molecular weight excluding hydrogens is 346 g/mol. The van der Waals surface area contributed by atoms with Gasteiger partial charge in [0.15, 0.2) is 0 Å². The summed E-state index contributed by atoms with van der Waals surface area (Å²) in [5.41, 5.74) is 2.67. The van der Waals surface area contributed by atoms with E-state index in [-0.39, 0.29) is 18.0 Å². The molecule has 0 saturated carbocycles. The van der Waals surface area contributed by atoms with Gasteiger partial charge in [0.2, 0.25) is 5.91 Å². The smallest absolute Gasteiger partial charge is 0.269 e. The van der Waals surface area contributed by atoms with Gasteiger partial charge in [-0.15, -0.1) is 0 Å². The van der Waals surface area contributed by atoms with Gasteiger partial charge in [0.1, 0.15) is 5.76 Å². The molecule has 3 rings (SSSR count). The van der Waals surface area contributed by atoms with E-state index < -0.39 is 4.92 Å². The molecule has 0 aliphatic heterocycles. The Morgan fingerprint density at radius 2 is 1.81 bits per heavy atom. The van der Waals surface area contributed by atoms with Crippen molar-refractivity contribution in [3.05, 3.63) is 93.9 Å². The molecule has 0 aliphatic carbocycles. The number of anilines is 1. The fourth-order valence-electron chi connectivity index (χ4n) is 2.57. The number of nitro groups is 1. The molecule has 0 spiro atoms. The van der Waals surface area contributed by atoms with Gasteiger partial charge in [-0.1, -0.05) is 24.3 Å². The Hall–Kier alpha value is -3.61. The summed E-state index contributed by atoms with van der Waals surface area (Å²) < 4.78 is 5.17. The van der Waals surface area contributed by atoms with Crippen molar-refractivity contribution in [3.8, 4) is 0 Å². The van der Waals surface area contributed by atoms with Crippen LogP contribution in [0.5, 0.6) is 0 Å². The van der Waals surface area contributed by atoms with Crippen molar-refractivity contribution in [1.29, 1.82) is 0 Å². The summed E-state index contributed by atoms with van der Waals surface area (Å²) in [7, 11) is 0. The molecule has 27 heavy (non-hydrogen) atoms. The lowest BCUT2D eigenvalue weighted by atomic mass is 10.1. The number of furan rings is 1. The summed E-state index contributed by atoms with van der Waals surface area (Å²) >= 11 is 0. The van der Waals surface area contributed by atoms with Crippen molar-refractivity contribution in [2.24, 2.45) is 0 Å². The molecule has 0 atom stereocenters. The molecule has 0 bridgehead atoms. The van der Waals surface area contributed by atoms with Crippen LogP contribution in [-0.2, 0) is 24.3 Å². The predicted octanol–water partition coefficient (Wildman–Crippen LogP) is 3.66. The summed E-state index contributed by atoms with van der Waals surface area (Å²) in [5.74, 6) is 0.632. The van der Waals surface area contributed by atoms with Crippen LogP contribution in [0.2, 0.25) is 0 Å². The Balaban J connectivity index is 1.49. The van der Waals surface area contributed by atoms with Crippen molar-refractivity contribution in [1.82, 2.24) is 5.32 Å². The topological polar surface area (TPSA) is 97.4 Å². The van der Waals surface area contributed by atoms with Crippen molar-refractivity contribution in [2.45, 2.75) is 19.5 Å². The van der Waals surface area contributed by atoms with Crippen molar-refractivity contribution < 1.29 is 14.1 Å². The SMILES string of the molecule is O=C(Cc1ccc(NCc2cccc([N+](=O)[O-])c2)cc1)NCc1ccco1. The third-order valence-electron chi connectivity index (χ3n) is 3.98. The fourth-order valence-corrected chi connectivity index (χ4v) is 2.57. The Bertz CT molecular complexity index is 905. The van der Waals surface area contributed by atoms with Crippen molar-refractivity contribution in [2.75, 3.05) is 5.32 Å². The minimum absolute atomic E-state index is 0.0743. The second-order valence-electron chi connectivity index (χ2n) is 6.01. The van der Waals surface area contributed by atoms with Gasteiger partial charge in [0.25, 0.3) is 5.69 Å². The molecular formula is C20H19N3O4. The van der Waals surface area contributed by atoms with E-state index in [0.29, 0.717) is 18.8 Å². The molecule has 2 N–H and O–H groups in total. The van der Waals surface area contributed by atoms with Gasteiger partial charge in [-0.25, -0.2) is 0 Å². The number of carbonyl (C=O) groups is 1. The Labute approximate surface area is 156 Å². The summed E-state index contributed by atoms with van der Waals surface area (Å²) in [4.78, 5) is 22.4.